The first-order valence-corrected chi connectivity index (χ1v) is 12.9. The SMILES string of the molecule is CC(C)(C)NS(=O)(=O)c1ccc(NC(=O)NC(COc2cccc(F)c2)c2cccc(C(F)(F)F)c2)cc1. The van der Waals surface area contributed by atoms with Gasteiger partial charge in [0.15, 0.2) is 0 Å². The molecule has 38 heavy (non-hydrogen) atoms. The summed E-state index contributed by atoms with van der Waals surface area (Å²) < 4.78 is 86.3. The van der Waals surface area contributed by atoms with Gasteiger partial charge in [0.25, 0.3) is 0 Å². The van der Waals surface area contributed by atoms with E-state index in [0.717, 1.165) is 18.2 Å². The normalized spacial score (nSPS) is 13.0. The average Bonchev–Trinajstić information content (AvgIpc) is 2.80. The molecule has 204 valence electrons. The fourth-order valence-corrected chi connectivity index (χ4v) is 4.81. The first kappa shape index (κ1) is 28.9. The van der Waals surface area contributed by atoms with E-state index in [-0.39, 0.29) is 28.5 Å². The maximum atomic E-state index is 13.5. The number of alkyl halides is 3. The highest BCUT2D eigenvalue weighted by Crippen LogP contribution is 2.31. The molecule has 12 heteroatoms. The van der Waals surface area contributed by atoms with Crippen molar-refractivity contribution >= 4 is 21.7 Å². The van der Waals surface area contributed by atoms with Gasteiger partial charge in [-0.05, 0) is 74.9 Å². The monoisotopic (exact) mass is 553 g/mol. The summed E-state index contributed by atoms with van der Waals surface area (Å²) in [6.07, 6.45) is -4.60. The lowest BCUT2D eigenvalue weighted by Crippen LogP contribution is -2.40. The molecule has 1 unspecified atom stereocenters. The maximum Gasteiger partial charge on any atom is 0.416 e. The Morgan fingerprint density at radius 3 is 2.21 bits per heavy atom. The molecule has 0 aliphatic carbocycles. The Morgan fingerprint density at radius 1 is 0.947 bits per heavy atom. The molecule has 3 aromatic carbocycles. The van der Waals surface area contributed by atoms with Crippen molar-refractivity contribution in [2.75, 3.05) is 11.9 Å². The summed E-state index contributed by atoms with van der Waals surface area (Å²) in [5.41, 5.74) is -1.25. The number of amides is 2. The van der Waals surface area contributed by atoms with E-state index in [4.69, 9.17) is 4.74 Å². The standard InChI is InChI=1S/C26H27F4N3O4S/c1-25(2,3)33-38(35,36)22-12-10-20(11-13-22)31-24(34)32-23(16-37-21-9-5-8-19(27)15-21)17-6-4-7-18(14-17)26(28,29)30/h4-15,23,33H,16H2,1-3H3,(H2,31,32,34). The van der Waals surface area contributed by atoms with Crippen LogP contribution in [-0.4, -0.2) is 26.6 Å². The van der Waals surface area contributed by atoms with E-state index >= 15 is 0 Å². The van der Waals surface area contributed by atoms with Gasteiger partial charge in [0.2, 0.25) is 10.0 Å². The second-order valence-electron chi connectivity index (χ2n) is 9.42. The Morgan fingerprint density at radius 2 is 1.61 bits per heavy atom. The Kier molecular flexibility index (Phi) is 8.68. The van der Waals surface area contributed by atoms with Gasteiger partial charge in [-0.3, -0.25) is 0 Å². The molecule has 3 aromatic rings. The van der Waals surface area contributed by atoms with Crippen molar-refractivity contribution in [2.45, 2.75) is 43.4 Å². The predicted molar refractivity (Wildman–Crippen MR) is 135 cm³/mol. The molecule has 2 amide bonds. The van der Waals surface area contributed by atoms with E-state index in [0.29, 0.717) is 0 Å². The molecule has 0 heterocycles. The summed E-state index contributed by atoms with van der Waals surface area (Å²) in [6.45, 7) is 4.80. The number of nitrogens with one attached hydrogen (secondary N) is 3. The molecule has 1 atom stereocenters. The molecule has 0 saturated carbocycles. The van der Waals surface area contributed by atoms with Crippen molar-refractivity contribution in [1.29, 1.82) is 0 Å². The van der Waals surface area contributed by atoms with E-state index in [2.05, 4.69) is 15.4 Å². The highest BCUT2D eigenvalue weighted by atomic mass is 32.2. The van der Waals surface area contributed by atoms with Gasteiger partial charge < -0.3 is 15.4 Å². The van der Waals surface area contributed by atoms with Gasteiger partial charge in [-0.15, -0.1) is 0 Å². The third-order valence-corrected chi connectivity index (χ3v) is 6.77. The molecular formula is C26H27F4N3O4S. The Hall–Kier alpha value is -3.64. The summed E-state index contributed by atoms with van der Waals surface area (Å²) in [5.74, 6) is -0.433. The third kappa shape index (κ3) is 8.45. The number of hydrogen-bond acceptors (Lipinski definition) is 4. The number of hydrogen-bond donors (Lipinski definition) is 3. The second-order valence-corrected chi connectivity index (χ2v) is 11.1. The van der Waals surface area contributed by atoms with Crippen LogP contribution in [0.25, 0.3) is 0 Å². The zero-order valence-corrected chi connectivity index (χ0v) is 21.6. The number of urea groups is 1. The van der Waals surface area contributed by atoms with Crippen LogP contribution in [0.1, 0.15) is 37.9 Å². The van der Waals surface area contributed by atoms with Crippen molar-refractivity contribution in [3.05, 3.63) is 89.7 Å². The van der Waals surface area contributed by atoms with Crippen molar-refractivity contribution in [3.8, 4) is 5.75 Å². The summed E-state index contributed by atoms with van der Waals surface area (Å²) >= 11 is 0. The molecule has 3 rings (SSSR count). The Balaban J connectivity index is 1.77. The van der Waals surface area contributed by atoms with E-state index in [1.807, 2.05) is 0 Å². The molecule has 0 fully saturated rings. The molecule has 3 N–H and O–H groups in total. The van der Waals surface area contributed by atoms with Crippen molar-refractivity contribution in [3.63, 3.8) is 0 Å². The van der Waals surface area contributed by atoms with Gasteiger partial charge in [0, 0.05) is 17.3 Å². The smallest absolute Gasteiger partial charge is 0.416 e. The van der Waals surface area contributed by atoms with E-state index in [1.54, 1.807) is 20.8 Å². The van der Waals surface area contributed by atoms with Crippen LogP contribution in [0.3, 0.4) is 0 Å². The largest absolute Gasteiger partial charge is 0.491 e. The summed E-state index contributed by atoms with van der Waals surface area (Å²) in [7, 11) is -3.78. The first-order chi connectivity index (χ1) is 17.6. The molecule has 7 nitrogen and oxygen atoms in total. The minimum absolute atomic E-state index is 0.0104. The minimum atomic E-state index is -4.60. The molecule has 0 aliphatic heterocycles. The third-order valence-electron chi connectivity index (χ3n) is 5.00. The number of rotatable bonds is 8. The molecule has 0 aromatic heterocycles. The van der Waals surface area contributed by atoms with E-state index in [9.17, 15) is 30.8 Å². The molecular weight excluding hydrogens is 526 g/mol. The van der Waals surface area contributed by atoms with Gasteiger partial charge in [-0.1, -0.05) is 18.2 Å². The highest BCUT2D eigenvalue weighted by molar-refractivity contribution is 7.89. The van der Waals surface area contributed by atoms with Crippen LogP contribution in [0.4, 0.5) is 28.0 Å². The fraction of sp³-hybridized carbons (Fsp3) is 0.269. The zero-order chi connectivity index (χ0) is 28.1. The number of carbonyl (C=O) groups is 1. The lowest BCUT2D eigenvalue weighted by molar-refractivity contribution is -0.137. The Labute approximate surface area is 218 Å². The van der Waals surface area contributed by atoms with E-state index < -0.39 is 45.2 Å². The molecule has 0 radical (unpaired) electrons. The van der Waals surface area contributed by atoms with Crippen LogP contribution >= 0.6 is 0 Å². The number of benzene rings is 3. The molecule has 0 aliphatic rings. The highest BCUT2D eigenvalue weighted by Gasteiger charge is 2.31. The number of sulfonamides is 1. The minimum Gasteiger partial charge on any atom is -0.491 e. The van der Waals surface area contributed by atoms with Crippen LogP contribution < -0.4 is 20.1 Å². The van der Waals surface area contributed by atoms with Crippen LogP contribution in [0.2, 0.25) is 0 Å². The van der Waals surface area contributed by atoms with Crippen LogP contribution in [0, 0.1) is 5.82 Å². The van der Waals surface area contributed by atoms with Gasteiger partial charge >= 0.3 is 12.2 Å². The van der Waals surface area contributed by atoms with Crippen molar-refractivity contribution in [1.82, 2.24) is 10.0 Å². The summed E-state index contributed by atoms with van der Waals surface area (Å²) in [5, 5.41) is 5.07. The van der Waals surface area contributed by atoms with Gasteiger partial charge in [-0.2, -0.15) is 13.2 Å². The van der Waals surface area contributed by atoms with E-state index in [1.165, 1.54) is 54.6 Å². The topological polar surface area (TPSA) is 96.5 Å². The summed E-state index contributed by atoms with van der Waals surface area (Å²) in [6, 6.07) is 13.1. The maximum absolute atomic E-state index is 13.5. The molecule has 0 bridgehead atoms. The number of halogens is 4. The van der Waals surface area contributed by atoms with Gasteiger partial charge in [0.1, 0.15) is 18.2 Å². The number of ether oxygens (including phenoxy) is 1. The van der Waals surface area contributed by atoms with Crippen LogP contribution in [0.15, 0.2) is 77.7 Å². The lowest BCUT2D eigenvalue weighted by Gasteiger charge is -2.22. The lowest BCUT2D eigenvalue weighted by atomic mass is 10.0. The average molecular weight is 554 g/mol. The number of anilines is 1. The van der Waals surface area contributed by atoms with Crippen molar-refractivity contribution < 1.29 is 35.5 Å². The fourth-order valence-electron chi connectivity index (χ4n) is 3.39. The second kappa shape index (κ2) is 11.4. The summed E-state index contributed by atoms with van der Waals surface area (Å²) in [4.78, 5) is 12.7. The van der Waals surface area contributed by atoms with Gasteiger partial charge in [-0.25, -0.2) is 22.3 Å². The zero-order valence-electron chi connectivity index (χ0n) is 20.8. The van der Waals surface area contributed by atoms with Crippen molar-refractivity contribution in [2.24, 2.45) is 0 Å². The first-order valence-electron chi connectivity index (χ1n) is 11.4. The number of carbonyl (C=O) groups excluding carboxylic acids is 1. The van der Waals surface area contributed by atoms with Crippen LogP contribution in [0.5, 0.6) is 5.75 Å². The van der Waals surface area contributed by atoms with Gasteiger partial charge in [0.05, 0.1) is 16.5 Å². The predicted octanol–water partition coefficient (Wildman–Crippen LogP) is 5.86. The Bertz CT molecular complexity index is 1370. The van der Waals surface area contributed by atoms with Crippen LogP contribution in [-0.2, 0) is 16.2 Å². The molecule has 0 spiro atoms. The molecule has 0 saturated heterocycles. The quantitative estimate of drug-likeness (QED) is 0.305.